The van der Waals surface area contributed by atoms with Gasteiger partial charge in [-0.05, 0) is 25.9 Å². The summed E-state index contributed by atoms with van der Waals surface area (Å²) in [6.45, 7) is 7.17. The molecule has 0 heterocycles. The fourth-order valence-electron chi connectivity index (χ4n) is 2.70. The van der Waals surface area contributed by atoms with E-state index < -0.39 is 0 Å². The van der Waals surface area contributed by atoms with Gasteiger partial charge in [-0.2, -0.15) is 0 Å². The van der Waals surface area contributed by atoms with Gasteiger partial charge < -0.3 is 4.90 Å². The van der Waals surface area contributed by atoms with Crippen molar-refractivity contribution in [2.45, 2.75) is 84.1 Å². The van der Waals surface area contributed by atoms with Gasteiger partial charge in [0.05, 0.1) is 0 Å². The van der Waals surface area contributed by atoms with Gasteiger partial charge >= 0.3 is 18.9 Å². The van der Waals surface area contributed by atoms with Gasteiger partial charge in [-0.1, -0.05) is 71.3 Å². The molecule has 0 aliphatic heterocycles. The van der Waals surface area contributed by atoms with Gasteiger partial charge in [0.2, 0.25) is 0 Å². The summed E-state index contributed by atoms with van der Waals surface area (Å²) in [6.07, 6.45) is 20.8. The van der Waals surface area contributed by atoms with E-state index in [0.29, 0.717) is 6.04 Å². The molecule has 2 heteroatoms. The predicted octanol–water partition coefficient (Wildman–Crippen LogP) is 2.38. The van der Waals surface area contributed by atoms with Gasteiger partial charge in [0.15, 0.2) is 0 Å². The molecule has 1 nitrogen and oxygen atoms in total. The molecule has 0 saturated carbocycles. The van der Waals surface area contributed by atoms with Crippen LogP contribution in [0.15, 0.2) is 12.2 Å². The summed E-state index contributed by atoms with van der Waals surface area (Å²) in [6, 6.07) is 0.650. The van der Waals surface area contributed by atoms with Crippen molar-refractivity contribution in [3.63, 3.8) is 0 Å². The summed E-state index contributed by atoms with van der Waals surface area (Å²) >= 11 is 0. The van der Waals surface area contributed by atoms with Crippen LogP contribution in [0.25, 0.3) is 0 Å². The molecule has 112 valence electrons. The van der Waals surface area contributed by atoms with Crippen molar-refractivity contribution in [3.05, 3.63) is 18.6 Å². The second-order valence-electron chi connectivity index (χ2n) is 5.93. The molecule has 0 aromatic rings. The molecule has 1 aliphatic carbocycles. The van der Waals surface area contributed by atoms with Gasteiger partial charge in [0.1, 0.15) is 0 Å². The van der Waals surface area contributed by atoms with Crippen LogP contribution < -0.4 is 18.9 Å². The average molecular weight is 271 g/mol. The Balaban J connectivity index is 0.00000361. The van der Waals surface area contributed by atoms with Crippen molar-refractivity contribution < 1.29 is 18.9 Å². The molecule has 1 rings (SSSR count). The molecular weight excluding hydrogens is 237 g/mol. The van der Waals surface area contributed by atoms with Crippen LogP contribution in [-0.4, -0.2) is 24.0 Å². The third kappa shape index (κ3) is 9.17. The molecule has 0 amide bonds. The van der Waals surface area contributed by atoms with Crippen LogP contribution in [0.1, 0.15) is 78.1 Å². The normalized spacial score (nSPS) is 16.6. The SMILES string of the molecule is CCCCCCCN(CCCCCCC)C1C=C[CH-]1.[Li+]. The standard InChI is InChI=1S/C18H34N.Li/c1-3-5-7-9-11-16-19(18-14-13-15-18)17-12-10-8-6-4-2;/h13-15,18H,3-12,16-17H2,1-2H3;/q-1;+1. The summed E-state index contributed by atoms with van der Waals surface area (Å²) in [7, 11) is 0. The minimum Gasteiger partial charge on any atom is -0.326 e. The van der Waals surface area contributed by atoms with E-state index >= 15 is 0 Å². The Morgan fingerprint density at radius 1 is 0.800 bits per heavy atom. The van der Waals surface area contributed by atoms with Gasteiger partial charge in [-0.25, -0.2) is 18.6 Å². The topological polar surface area (TPSA) is 3.24 Å². The zero-order valence-electron chi connectivity index (χ0n) is 14.2. The molecule has 0 spiro atoms. The average Bonchev–Trinajstić information content (AvgIpc) is 2.35. The predicted molar refractivity (Wildman–Crippen MR) is 86.3 cm³/mol. The minimum atomic E-state index is 0. The number of nitrogens with zero attached hydrogens (tertiary/aromatic N) is 1. The van der Waals surface area contributed by atoms with Gasteiger partial charge in [0, 0.05) is 0 Å². The van der Waals surface area contributed by atoms with E-state index in [9.17, 15) is 0 Å². The summed E-state index contributed by atoms with van der Waals surface area (Å²) in [5.41, 5.74) is 0. The third-order valence-corrected chi connectivity index (χ3v) is 4.14. The molecule has 0 fully saturated rings. The summed E-state index contributed by atoms with van der Waals surface area (Å²) < 4.78 is 0. The molecule has 0 aromatic carbocycles. The maximum absolute atomic E-state index is 2.68. The largest absolute Gasteiger partial charge is 1.00 e. The van der Waals surface area contributed by atoms with Crippen LogP contribution in [-0.2, 0) is 0 Å². The molecular formula is C18H34LiN. The van der Waals surface area contributed by atoms with Crippen LogP contribution in [0.4, 0.5) is 0 Å². The fourth-order valence-corrected chi connectivity index (χ4v) is 2.70. The van der Waals surface area contributed by atoms with Gasteiger partial charge in [-0.15, -0.1) is 0 Å². The molecule has 0 radical (unpaired) electrons. The number of hydrogen-bond donors (Lipinski definition) is 0. The van der Waals surface area contributed by atoms with Crippen molar-refractivity contribution >= 4 is 0 Å². The van der Waals surface area contributed by atoms with Gasteiger partial charge in [0.25, 0.3) is 0 Å². The Morgan fingerprint density at radius 3 is 1.60 bits per heavy atom. The molecule has 0 aromatic heterocycles. The van der Waals surface area contributed by atoms with Crippen molar-refractivity contribution in [2.24, 2.45) is 0 Å². The Bertz CT molecular complexity index is 213. The second kappa shape index (κ2) is 14.1. The van der Waals surface area contributed by atoms with Crippen molar-refractivity contribution in [3.8, 4) is 0 Å². The molecule has 20 heavy (non-hydrogen) atoms. The first-order valence-corrected chi connectivity index (χ1v) is 8.64. The summed E-state index contributed by atoms with van der Waals surface area (Å²) in [5, 5.41) is 0. The van der Waals surface area contributed by atoms with E-state index in [1.807, 2.05) is 0 Å². The van der Waals surface area contributed by atoms with Crippen molar-refractivity contribution in [2.75, 3.05) is 13.1 Å². The van der Waals surface area contributed by atoms with Crippen molar-refractivity contribution in [1.29, 1.82) is 0 Å². The maximum Gasteiger partial charge on any atom is 1.00 e. The van der Waals surface area contributed by atoms with Crippen LogP contribution in [0.3, 0.4) is 0 Å². The zero-order valence-corrected chi connectivity index (χ0v) is 14.2. The summed E-state index contributed by atoms with van der Waals surface area (Å²) in [5.74, 6) is 0. The molecule has 1 atom stereocenters. The second-order valence-corrected chi connectivity index (χ2v) is 5.93. The van der Waals surface area contributed by atoms with E-state index in [-0.39, 0.29) is 18.9 Å². The van der Waals surface area contributed by atoms with Crippen LogP contribution in [0.5, 0.6) is 0 Å². The van der Waals surface area contributed by atoms with Crippen molar-refractivity contribution in [1.82, 2.24) is 4.90 Å². The Morgan fingerprint density at radius 2 is 1.25 bits per heavy atom. The minimum absolute atomic E-state index is 0. The first kappa shape index (κ1) is 20.2. The van der Waals surface area contributed by atoms with Gasteiger partial charge in [-0.3, -0.25) is 0 Å². The molecule has 1 aliphatic rings. The molecule has 0 bridgehead atoms. The van der Waals surface area contributed by atoms with E-state index in [4.69, 9.17) is 0 Å². The molecule has 0 saturated heterocycles. The first-order valence-electron chi connectivity index (χ1n) is 8.64. The molecule has 0 N–H and O–H groups in total. The third-order valence-electron chi connectivity index (χ3n) is 4.14. The Labute approximate surface area is 139 Å². The number of rotatable bonds is 13. The number of unbranched alkanes of at least 4 members (excludes halogenated alkanes) is 8. The molecule has 1 unspecified atom stereocenters. The smallest absolute Gasteiger partial charge is 0.326 e. The van der Waals surface area contributed by atoms with E-state index in [2.05, 4.69) is 37.3 Å². The van der Waals surface area contributed by atoms with Crippen LogP contribution in [0, 0.1) is 6.42 Å². The van der Waals surface area contributed by atoms with E-state index in [0.717, 1.165) is 0 Å². The number of hydrogen-bond acceptors (Lipinski definition) is 1. The quantitative estimate of drug-likeness (QED) is 0.282. The fraction of sp³-hybridized carbons (Fsp3) is 0.833. The monoisotopic (exact) mass is 271 g/mol. The first-order chi connectivity index (χ1) is 9.38. The van der Waals surface area contributed by atoms with Crippen LogP contribution >= 0.6 is 0 Å². The maximum atomic E-state index is 2.68. The Hall–Kier alpha value is 0.167. The van der Waals surface area contributed by atoms with E-state index in [1.54, 1.807) is 0 Å². The zero-order chi connectivity index (χ0) is 13.8. The van der Waals surface area contributed by atoms with Crippen LogP contribution in [0.2, 0.25) is 0 Å². The summed E-state index contributed by atoms with van der Waals surface area (Å²) in [4.78, 5) is 2.68. The Kier molecular flexibility index (Phi) is 14.2. The van der Waals surface area contributed by atoms with E-state index in [1.165, 1.54) is 77.3 Å².